The second kappa shape index (κ2) is 8.96. The molecule has 0 aromatic rings. The highest BCUT2D eigenvalue weighted by Gasteiger charge is 1.96. The van der Waals surface area contributed by atoms with Gasteiger partial charge < -0.3 is 10.6 Å². The van der Waals surface area contributed by atoms with Crippen LogP contribution in [0, 0.1) is 0 Å². The van der Waals surface area contributed by atoms with Gasteiger partial charge in [-0.25, -0.2) is 0 Å². The molecule has 80 valence electrons. The number of hydrogen-bond acceptors (Lipinski definition) is 4. The highest BCUT2D eigenvalue weighted by Crippen LogP contribution is 1.77. The Morgan fingerprint density at radius 3 is 1.57 bits per heavy atom. The van der Waals surface area contributed by atoms with Gasteiger partial charge in [0.05, 0.1) is 0 Å². The maximum Gasteiger partial charge on any atom is 0.244 e. The molecular weight excluding hydrogens is 220 g/mol. The fourth-order valence-electron chi connectivity index (χ4n) is 0.627. The van der Waals surface area contributed by atoms with Crippen molar-refractivity contribution in [2.75, 3.05) is 24.6 Å². The van der Waals surface area contributed by atoms with Crippen molar-refractivity contribution in [3.8, 4) is 0 Å². The first-order valence-electron chi connectivity index (χ1n) is 4.16. The zero-order chi connectivity index (χ0) is 10.8. The van der Waals surface area contributed by atoms with E-state index in [0.29, 0.717) is 24.6 Å². The van der Waals surface area contributed by atoms with Gasteiger partial charge in [0, 0.05) is 36.7 Å². The van der Waals surface area contributed by atoms with Gasteiger partial charge in [-0.05, 0) is 0 Å². The maximum atomic E-state index is 11.0. The molecule has 0 rings (SSSR count). The minimum absolute atomic E-state index is 0.292. The fourth-order valence-corrected chi connectivity index (χ4v) is 0.851. The molecule has 0 aliphatic heterocycles. The molecule has 2 amide bonds. The van der Waals surface area contributed by atoms with Gasteiger partial charge in [-0.3, -0.25) is 9.59 Å². The van der Waals surface area contributed by atoms with Gasteiger partial charge in [-0.15, -0.1) is 0 Å². The summed E-state index contributed by atoms with van der Waals surface area (Å²) in [5, 5.41) is 5.09. The van der Waals surface area contributed by atoms with Crippen molar-refractivity contribution in [3.05, 3.63) is 12.2 Å². The Labute approximate surface area is 94.3 Å². The highest BCUT2D eigenvalue weighted by molar-refractivity contribution is 7.80. The normalized spacial score (nSPS) is 10.1. The Morgan fingerprint density at radius 1 is 0.929 bits per heavy atom. The molecule has 0 unspecified atom stereocenters. The summed E-state index contributed by atoms with van der Waals surface area (Å²) < 4.78 is 0. The highest BCUT2D eigenvalue weighted by atomic mass is 32.1. The molecule has 0 spiro atoms. The van der Waals surface area contributed by atoms with E-state index in [4.69, 9.17) is 0 Å². The zero-order valence-electron chi connectivity index (χ0n) is 7.69. The number of amides is 2. The average molecular weight is 234 g/mol. The van der Waals surface area contributed by atoms with E-state index < -0.39 is 0 Å². The Hall–Kier alpha value is -0.620. The third-order valence-corrected chi connectivity index (χ3v) is 1.66. The van der Waals surface area contributed by atoms with Crippen LogP contribution < -0.4 is 10.6 Å². The second-order valence-electron chi connectivity index (χ2n) is 2.36. The SMILES string of the molecule is O=C(/C=C\C(=O)NCCS)NCCS. The summed E-state index contributed by atoms with van der Waals surface area (Å²) in [6, 6.07) is 0. The molecule has 0 saturated heterocycles. The van der Waals surface area contributed by atoms with Crippen LogP contribution in [0.15, 0.2) is 12.2 Å². The van der Waals surface area contributed by atoms with Crippen molar-refractivity contribution in [1.82, 2.24) is 10.6 Å². The van der Waals surface area contributed by atoms with Crippen molar-refractivity contribution < 1.29 is 9.59 Å². The molecule has 0 aliphatic carbocycles. The Kier molecular flexibility index (Phi) is 8.56. The third-order valence-electron chi connectivity index (χ3n) is 1.21. The number of carbonyl (C=O) groups excluding carboxylic acids is 2. The van der Waals surface area contributed by atoms with Gasteiger partial charge in [0.1, 0.15) is 0 Å². The van der Waals surface area contributed by atoms with Crippen molar-refractivity contribution in [3.63, 3.8) is 0 Å². The van der Waals surface area contributed by atoms with E-state index in [2.05, 4.69) is 35.9 Å². The van der Waals surface area contributed by atoms with Crippen LogP contribution in [0.1, 0.15) is 0 Å². The lowest BCUT2D eigenvalue weighted by molar-refractivity contribution is -0.118. The predicted molar refractivity (Wildman–Crippen MR) is 62.9 cm³/mol. The van der Waals surface area contributed by atoms with E-state index in [1.165, 1.54) is 12.2 Å². The first-order chi connectivity index (χ1) is 6.70. The topological polar surface area (TPSA) is 58.2 Å². The Balaban J connectivity index is 3.68. The number of carbonyl (C=O) groups is 2. The molecule has 0 radical (unpaired) electrons. The molecule has 4 nitrogen and oxygen atoms in total. The predicted octanol–water partition coefficient (Wildman–Crippen LogP) is -0.365. The Morgan fingerprint density at radius 2 is 1.29 bits per heavy atom. The molecule has 0 aliphatic rings. The summed E-state index contributed by atoms with van der Waals surface area (Å²) in [5.74, 6) is 0.566. The molecule has 0 aromatic heterocycles. The van der Waals surface area contributed by atoms with Crippen molar-refractivity contribution in [1.29, 1.82) is 0 Å². The first-order valence-corrected chi connectivity index (χ1v) is 5.42. The van der Waals surface area contributed by atoms with Crippen LogP contribution in [0.5, 0.6) is 0 Å². The number of hydrogen-bond donors (Lipinski definition) is 4. The van der Waals surface area contributed by atoms with Crippen LogP contribution >= 0.6 is 25.3 Å². The summed E-state index contributed by atoms with van der Waals surface area (Å²) in [5.41, 5.74) is 0. The van der Waals surface area contributed by atoms with Crippen molar-refractivity contribution >= 4 is 37.1 Å². The van der Waals surface area contributed by atoms with Crippen LogP contribution in [-0.2, 0) is 9.59 Å². The standard InChI is InChI=1S/C8H14N2O2S2/c11-7(9-3-5-13)1-2-8(12)10-4-6-14/h1-2,13-14H,3-6H2,(H,9,11)(H,10,12)/b2-1-. The Bertz CT molecular complexity index is 197. The van der Waals surface area contributed by atoms with Crippen LogP contribution in [-0.4, -0.2) is 36.4 Å². The quantitative estimate of drug-likeness (QED) is 0.374. The van der Waals surface area contributed by atoms with Gasteiger partial charge in [0.15, 0.2) is 0 Å². The second-order valence-corrected chi connectivity index (χ2v) is 3.26. The van der Waals surface area contributed by atoms with Crippen LogP contribution in [0.3, 0.4) is 0 Å². The molecule has 14 heavy (non-hydrogen) atoms. The van der Waals surface area contributed by atoms with Crippen LogP contribution in [0.4, 0.5) is 0 Å². The lowest BCUT2D eigenvalue weighted by atomic mass is 10.4. The number of nitrogens with one attached hydrogen (secondary N) is 2. The maximum absolute atomic E-state index is 11.0. The molecular formula is C8H14N2O2S2. The van der Waals surface area contributed by atoms with Crippen LogP contribution in [0.25, 0.3) is 0 Å². The minimum Gasteiger partial charge on any atom is -0.352 e. The first kappa shape index (κ1) is 13.4. The molecule has 0 fully saturated rings. The molecule has 0 atom stereocenters. The largest absolute Gasteiger partial charge is 0.352 e. The number of rotatable bonds is 6. The average Bonchev–Trinajstić information content (AvgIpc) is 2.20. The molecule has 0 heterocycles. The molecule has 0 aromatic carbocycles. The zero-order valence-corrected chi connectivity index (χ0v) is 9.48. The summed E-state index contributed by atoms with van der Waals surface area (Å²) >= 11 is 7.85. The molecule has 2 N–H and O–H groups in total. The third kappa shape index (κ3) is 8.00. The van der Waals surface area contributed by atoms with Crippen molar-refractivity contribution in [2.45, 2.75) is 0 Å². The van der Waals surface area contributed by atoms with Gasteiger partial charge in [-0.1, -0.05) is 0 Å². The van der Waals surface area contributed by atoms with E-state index in [9.17, 15) is 9.59 Å². The van der Waals surface area contributed by atoms with Gasteiger partial charge in [0.2, 0.25) is 11.8 Å². The van der Waals surface area contributed by atoms with E-state index in [1.807, 2.05) is 0 Å². The summed E-state index contributed by atoms with van der Waals surface area (Å²) in [7, 11) is 0. The minimum atomic E-state index is -0.292. The van der Waals surface area contributed by atoms with Crippen LogP contribution in [0.2, 0.25) is 0 Å². The van der Waals surface area contributed by atoms with E-state index in [0.717, 1.165) is 0 Å². The molecule has 0 bridgehead atoms. The van der Waals surface area contributed by atoms with Crippen molar-refractivity contribution in [2.24, 2.45) is 0 Å². The van der Waals surface area contributed by atoms with E-state index in [-0.39, 0.29) is 11.8 Å². The number of thiol groups is 2. The summed E-state index contributed by atoms with van der Waals surface area (Å²) in [6.45, 7) is 0.981. The lowest BCUT2D eigenvalue weighted by Crippen LogP contribution is -2.26. The molecule has 0 saturated carbocycles. The van der Waals surface area contributed by atoms with Gasteiger partial charge >= 0.3 is 0 Å². The van der Waals surface area contributed by atoms with E-state index in [1.54, 1.807) is 0 Å². The van der Waals surface area contributed by atoms with Gasteiger partial charge in [0.25, 0.3) is 0 Å². The lowest BCUT2D eigenvalue weighted by Gasteiger charge is -1.98. The smallest absolute Gasteiger partial charge is 0.244 e. The monoisotopic (exact) mass is 234 g/mol. The summed E-state index contributed by atoms with van der Waals surface area (Å²) in [6.07, 6.45) is 2.38. The summed E-state index contributed by atoms with van der Waals surface area (Å²) in [4.78, 5) is 21.9. The van der Waals surface area contributed by atoms with E-state index >= 15 is 0 Å². The molecule has 6 heteroatoms. The van der Waals surface area contributed by atoms with Gasteiger partial charge in [-0.2, -0.15) is 25.3 Å². The fraction of sp³-hybridized carbons (Fsp3) is 0.500.